The largest absolute Gasteiger partial charge is 0.476 e. The van der Waals surface area contributed by atoms with Crippen molar-refractivity contribution in [3.63, 3.8) is 0 Å². The molecule has 2 aromatic heterocycles. The monoisotopic (exact) mass is 369 g/mol. The Hall–Kier alpha value is -3.75. The summed E-state index contributed by atoms with van der Waals surface area (Å²) in [6, 6.07) is 9.12. The van der Waals surface area contributed by atoms with Crippen molar-refractivity contribution in [1.29, 1.82) is 0 Å². The number of rotatable bonds is 6. The van der Waals surface area contributed by atoms with E-state index in [-0.39, 0.29) is 34.7 Å². The Morgan fingerprint density at radius 1 is 1.15 bits per heavy atom. The first-order valence-electron chi connectivity index (χ1n) is 7.96. The van der Waals surface area contributed by atoms with Gasteiger partial charge in [-0.3, -0.25) is 14.4 Å². The van der Waals surface area contributed by atoms with Crippen molar-refractivity contribution in [2.24, 2.45) is 0 Å². The van der Waals surface area contributed by atoms with Gasteiger partial charge >= 0.3 is 5.97 Å². The first-order valence-corrected chi connectivity index (χ1v) is 7.96. The molecule has 1 aromatic carbocycles. The normalized spacial score (nSPS) is 10.7. The Morgan fingerprint density at radius 2 is 1.85 bits per heavy atom. The molecule has 0 saturated heterocycles. The highest BCUT2D eigenvalue weighted by molar-refractivity contribution is 6.01. The van der Waals surface area contributed by atoms with Gasteiger partial charge in [0.05, 0.1) is 11.9 Å². The van der Waals surface area contributed by atoms with E-state index in [9.17, 15) is 24.3 Å². The fraction of sp³-hybridized carbons (Fsp3) is 0.167. The average Bonchev–Trinajstić information content (AvgIpc) is 3.11. The number of hydrogen-bond acceptors (Lipinski definition) is 6. The summed E-state index contributed by atoms with van der Waals surface area (Å²) in [6.07, 6.45) is 0. The molecule has 0 spiro atoms. The zero-order valence-corrected chi connectivity index (χ0v) is 14.3. The number of benzene rings is 1. The third kappa shape index (κ3) is 3.76. The van der Waals surface area contributed by atoms with Gasteiger partial charge in [0.1, 0.15) is 12.3 Å². The van der Waals surface area contributed by atoms with Crippen molar-refractivity contribution in [3.8, 4) is 0 Å². The predicted octanol–water partition coefficient (Wildman–Crippen LogP) is 1.21. The molecular weight excluding hydrogens is 354 g/mol. The molecule has 138 valence electrons. The molecule has 0 aliphatic heterocycles. The van der Waals surface area contributed by atoms with Crippen molar-refractivity contribution >= 4 is 28.4 Å². The first-order chi connectivity index (χ1) is 12.9. The summed E-state index contributed by atoms with van der Waals surface area (Å²) in [5, 5.41) is 16.1. The maximum Gasteiger partial charge on any atom is 0.357 e. The van der Waals surface area contributed by atoms with Crippen molar-refractivity contribution in [2.75, 3.05) is 0 Å². The highest BCUT2D eigenvalue weighted by atomic mass is 16.4. The van der Waals surface area contributed by atoms with Gasteiger partial charge in [0, 0.05) is 12.3 Å². The number of carbonyl (C=O) groups is 3. The van der Waals surface area contributed by atoms with E-state index < -0.39 is 23.9 Å². The summed E-state index contributed by atoms with van der Waals surface area (Å²) in [7, 11) is 0. The summed E-state index contributed by atoms with van der Waals surface area (Å²) >= 11 is 0. The van der Waals surface area contributed by atoms with Gasteiger partial charge in [-0.05, 0) is 18.2 Å². The van der Waals surface area contributed by atoms with E-state index in [1.165, 1.54) is 31.2 Å². The molecule has 0 atom stereocenters. The lowest BCUT2D eigenvalue weighted by atomic mass is 10.1. The second kappa shape index (κ2) is 7.24. The number of carbonyl (C=O) groups excluding carboxylic acids is 2. The molecule has 0 unspecified atom stereocenters. The number of hydrogen-bond donors (Lipinski definition) is 2. The molecule has 9 heteroatoms. The fourth-order valence-electron chi connectivity index (χ4n) is 2.55. The minimum Gasteiger partial charge on any atom is -0.476 e. The Morgan fingerprint density at radius 3 is 2.52 bits per heavy atom. The first kappa shape index (κ1) is 18.1. The highest BCUT2D eigenvalue weighted by Crippen LogP contribution is 2.14. The van der Waals surface area contributed by atoms with E-state index in [1.54, 1.807) is 12.1 Å². The van der Waals surface area contributed by atoms with Crippen molar-refractivity contribution in [1.82, 2.24) is 15.1 Å². The van der Waals surface area contributed by atoms with Crippen LogP contribution in [0.1, 0.15) is 33.7 Å². The van der Waals surface area contributed by atoms with E-state index in [4.69, 9.17) is 4.42 Å². The Kier molecular flexibility index (Phi) is 4.84. The number of ketones is 1. The van der Waals surface area contributed by atoms with Crippen LogP contribution in [-0.4, -0.2) is 32.5 Å². The smallest absolute Gasteiger partial charge is 0.357 e. The van der Waals surface area contributed by atoms with E-state index in [2.05, 4.69) is 10.4 Å². The molecule has 0 radical (unpaired) electrons. The van der Waals surface area contributed by atoms with Crippen LogP contribution in [0.3, 0.4) is 0 Å². The van der Waals surface area contributed by atoms with Gasteiger partial charge in [-0.25, -0.2) is 9.48 Å². The van der Waals surface area contributed by atoms with Crippen molar-refractivity contribution < 1.29 is 23.9 Å². The van der Waals surface area contributed by atoms with Crippen LogP contribution in [-0.2, 0) is 17.9 Å². The molecule has 0 fully saturated rings. The van der Waals surface area contributed by atoms with Crippen LogP contribution < -0.4 is 10.9 Å². The Balaban J connectivity index is 1.91. The summed E-state index contributed by atoms with van der Waals surface area (Å²) in [5.74, 6) is -1.74. The molecule has 9 nitrogen and oxygen atoms in total. The number of amides is 1. The molecule has 0 saturated carbocycles. The Labute approximate surface area is 152 Å². The van der Waals surface area contributed by atoms with Crippen LogP contribution in [0.2, 0.25) is 0 Å². The quantitative estimate of drug-likeness (QED) is 0.624. The molecule has 0 aliphatic rings. The molecule has 0 aliphatic carbocycles. The molecule has 0 bridgehead atoms. The van der Waals surface area contributed by atoms with Gasteiger partial charge in [0.15, 0.2) is 11.5 Å². The number of nitrogens with one attached hydrogen (secondary N) is 1. The molecule has 3 rings (SSSR count). The lowest BCUT2D eigenvalue weighted by Gasteiger charge is -2.07. The topological polar surface area (TPSA) is 132 Å². The summed E-state index contributed by atoms with van der Waals surface area (Å²) in [6.45, 7) is 1.00. The number of carboxylic acids is 1. The minimum absolute atomic E-state index is 0.0194. The average molecular weight is 369 g/mol. The zero-order valence-electron chi connectivity index (χ0n) is 14.3. The fourth-order valence-corrected chi connectivity index (χ4v) is 2.55. The molecule has 3 aromatic rings. The second-order valence-corrected chi connectivity index (χ2v) is 5.76. The predicted molar refractivity (Wildman–Crippen MR) is 93.5 cm³/mol. The van der Waals surface area contributed by atoms with E-state index in [0.29, 0.717) is 5.76 Å². The summed E-state index contributed by atoms with van der Waals surface area (Å²) < 4.78 is 6.16. The number of nitrogens with zero attached hydrogens (tertiary/aromatic N) is 2. The number of aromatic carboxylic acids is 1. The van der Waals surface area contributed by atoms with Crippen LogP contribution in [0.25, 0.3) is 10.8 Å². The summed E-state index contributed by atoms with van der Waals surface area (Å²) in [4.78, 5) is 47.3. The lowest BCUT2D eigenvalue weighted by molar-refractivity contribution is -0.119. The SMILES string of the molecule is CC(=O)NCc1ccc(C(=O)Cn2nc(C(=O)O)c3ccccc3c2=O)o1. The van der Waals surface area contributed by atoms with Gasteiger partial charge in [0.2, 0.25) is 11.7 Å². The number of fused-ring (bicyclic) bond motifs is 1. The van der Waals surface area contributed by atoms with Gasteiger partial charge in [-0.15, -0.1) is 0 Å². The third-order valence-corrected chi connectivity index (χ3v) is 3.81. The standard InChI is InChI=1S/C18H15N3O6/c1-10(22)19-8-11-6-7-15(27-11)14(23)9-21-17(24)13-5-3-2-4-12(13)16(20-21)18(25)26/h2-7H,8-9H2,1H3,(H,19,22)(H,25,26). The van der Waals surface area contributed by atoms with Gasteiger partial charge < -0.3 is 14.8 Å². The van der Waals surface area contributed by atoms with E-state index in [0.717, 1.165) is 4.68 Å². The number of aromatic nitrogens is 2. The van der Waals surface area contributed by atoms with Crippen molar-refractivity contribution in [3.05, 3.63) is 64.0 Å². The van der Waals surface area contributed by atoms with Gasteiger partial charge in [-0.1, -0.05) is 18.2 Å². The van der Waals surface area contributed by atoms with Crippen LogP contribution in [0.15, 0.2) is 45.6 Å². The molecule has 27 heavy (non-hydrogen) atoms. The highest BCUT2D eigenvalue weighted by Gasteiger charge is 2.19. The van der Waals surface area contributed by atoms with Gasteiger partial charge in [-0.2, -0.15) is 5.10 Å². The summed E-state index contributed by atoms with van der Waals surface area (Å²) in [5.41, 5.74) is -0.891. The lowest BCUT2D eigenvalue weighted by Crippen LogP contribution is -2.29. The zero-order chi connectivity index (χ0) is 19.6. The molecular formula is C18H15N3O6. The number of Topliss-reactive ketones (excluding diaryl/α,β-unsaturated/α-hetero) is 1. The second-order valence-electron chi connectivity index (χ2n) is 5.76. The molecule has 2 N–H and O–H groups in total. The van der Waals surface area contributed by atoms with E-state index in [1.807, 2.05) is 0 Å². The van der Waals surface area contributed by atoms with E-state index >= 15 is 0 Å². The van der Waals surface area contributed by atoms with Crippen LogP contribution in [0.4, 0.5) is 0 Å². The van der Waals surface area contributed by atoms with Crippen LogP contribution in [0, 0.1) is 0 Å². The minimum atomic E-state index is -1.30. The number of furan rings is 1. The maximum atomic E-state index is 12.5. The Bertz CT molecular complexity index is 1110. The van der Waals surface area contributed by atoms with Crippen LogP contribution in [0.5, 0.6) is 0 Å². The third-order valence-electron chi connectivity index (χ3n) is 3.81. The van der Waals surface area contributed by atoms with Crippen molar-refractivity contribution in [2.45, 2.75) is 20.0 Å². The molecule has 2 heterocycles. The molecule has 1 amide bonds. The maximum absolute atomic E-state index is 12.5. The van der Waals surface area contributed by atoms with Gasteiger partial charge in [0.25, 0.3) is 5.56 Å². The number of carboxylic acid groups (broad SMARTS) is 1. The van der Waals surface area contributed by atoms with Crippen LogP contribution >= 0.6 is 0 Å².